The van der Waals surface area contributed by atoms with Crippen LogP contribution in [0.4, 0.5) is 17.6 Å². The van der Waals surface area contributed by atoms with Crippen LogP contribution in [0.3, 0.4) is 0 Å². The van der Waals surface area contributed by atoms with Gasteiger partial charge in [0.1, 0.15) is 11.1 Å². The minimum Gasteiger partial charge on any atom is -0.428 e. The highest BCUT2D eigenvalue weighted by atomic mass is 32.2. The number of carbonyl (C=O) groups is 2. The predicted octanol–water partition coefficient (Wildman–Crippen LogP) is 2.92. The molecule has 1 aliphatic rings. The Morgan fingerprint density at radius 1 is 1.36 bits per heavy atom. The number of alkyl halides is 4. The molecular weight excluding hydrogens is 366 g/mol. The minimum atomic E-state index is -4.64. The van der Waals surface area contributed by atoms with Gasteiger partial charge in [-0.15, -0.1) is 5.10 Å². The summed E-state index contributed by atoms with van der Waals surface area (Å²) in [4.78, 5) is 22.8. The first-order chi connectivity index (χ1) is 11.6. The lowest BCUT2D eigenvalue weighted by Gasteiger charge is -2.21. The first kappa shape index (κ1) is 19.0. The number of amidine groups is 1. The molecule has 1 aliphatic heterocycles. The summed E-state index contributed by atoms with van der Waals surface area (Å²) in [6.45, 7) is 2.49. The Kier molecular flexibility index (Phi) is 5.55. The molecule has 0 spiro atoms. The monoisotopic (exact) mass is 379 g/mol. The largest absolute Gasteiger partial charge is 0.461 e. The van der Waals surface area contributed by atoms with E-state index in [9.17, 15) is 27.2 Å². The van der Waals surface area contributed by atoms with E-state index in [2.05, 4.69) is 15.2 Å². The topological polar surface area (TPSA) is 71.0 Å². The zero-order valence-electron chi connectivity index (χ0n) is 13.0. The van der Waals surface area contributed by atoms with E-state index in [0.717, 1.165) is 28.9 Å². The number of benzene rings is 1. The summed E-state index contributed by atoms with van der Waals surface area (Å²) in [5.41, 5.74) is 0.312. The van der Waals surface area contributed by atoms with Gasteiger partial charge in [-0.2, -0.15) is 17.6 Å². The molecule has 0 fully saturated rings. The second-order valence-corrected chi connectivity index (χ2v) is 6.03. The highest BCUT2D eigenvalue weighted by Crippen LogP contribution is 2.40. The van der Waals surface area contributed by atoms with Crippen LogP contribution in [0, 0.1) is 0 Å². The van der Waals surface area contributed by atoms with Gasteiger partial charge in [-0.1, -0.05) is 23.9 Å². The average Bonchev–Trinajstić information content (AvgIpc) is 2.90. The van der Waals surface area contributed by atoms with Gasteiger partial charge in [-0.3, -0.25) is 9.59 Å². The normalized spacial score (nSPS) is 17.5. The highest BCUT2D eigenvalue weighted by molar-refractivity contribution is 8.14. The fourth-order valence-electron chi connectivity index (χ4n) is 1.91. The van der Waals surface area contributed by atoms with Crippen LogP contribution >= 0.6 is 11.8 Å². The number of amides is 2. The summed E-state index contributed by atoms with van der Waals surface area (Å²) >= 11 is 0.993. The zero-order valence-corrected chi connectivity index (χ0v) is 13.8. The molecule has 0 radical (unpaired) electrons. The maximum Gasteiger partial charge on any atom is 0.461 e. The fourth-order valence-corrected chi connectivity index (χ4v) is 3.04. The van der Waals surface area contributed by atoms with Crippen molar-refractivity contribution in [3.63, 3.8) is 0 Å². The number of hydrazone groups is 1. The number of hydrogen-bond donors (Lipinski definition) is 1. The molecule has 0 saturated carbocycles. The molecule has 1 N–H and O–H groups in total. The van der Waals surface area contributed by atoms with Crippen LogP contribution in [-0.4, -0.2) is 34.5 Å². The molecule has 0 saturated heterocycles. The van der Waals surface area contributed by atoms with E-state index in [4.69, 9.17) is 0 Å². The van der Waals surface area contributed by atoms with Crippen LogP contribution in [0.5, 0.6) is 5.75 Å². The van der Waals surface area contributed by atoms with Crippen molar-refractivity contribution in [3.05, 3.63) is 29.8 Å². The lowest BCUT2D eigenvalue weighted by molar-refractivity contribution is -0.253. The van der Waals surface area contributed by atoms with Gasteiger partial charge in [0.05, 0.1) is 0 Å². The molecule has 1 atom stereocenters. The molecular formula is C14H13F4N3O3S. The molecule has 2 rings (SSSR count). The van der Waals surface area contributed by atoms with Crippen LogP contribution in [0.2, 0.25) is 0 Å². The summed E-state index contributed by atoms with van der Waals surface area (Å²) in [6, 6.07) is 5.01. The second-order valence-electron chi connectivity index (χ2n) is 4.96. The summed E-state index contributed by atoms with van der Waals surface area (Å²) < 4.78 is 54.6. The van der Waals surface area contributed by atoms with Gasteiger partial charge in [0.2, 0.25) is 11.8 Å². The van der Waals surface area contributed by atoms with Gasteiger partial charge in [0.15, 0.2) is 5.17 Å². The number of nitrogens with one attached hydrogen (secondary N) is 1. The van der Waals surface area contributed by atoms with Crippen LogP contribution in [0.1, 0.15) is 24.8 Å². The Labute approximate surface area is 144 Å². The van der Waals surface area contributed by atoms with Crippen molar-refractivity contribution in [2.24, 2.45) is 5.10 Å². The van der Waals surface area contributed by atoms with Gasteiger partial charge in [-0.05, 0) is 17.7 Å². The van der Waals surface area contributed by atoms with Gasteiger partial charge in [0, 0.05) is 13.8 Å². The quantitative estimate of drug-likeness (QED) is 0.817. The second kappa shape index (κ2) is 7.30. The lowest BCUT2D eigenvalue weighted by Crippen LogP contribution is -2.33. The van der Waals surface area contributed by atoms with Gasteiger partial charge in [-0.25, -0.2) is 5.01 Å². The van der Waals surface area contributed by atoms with Crippen LogP contribution in [0.15, 0.2) is 29.4 Å². The standard InChI is InChI=1S/C14H13F4N3O3S/c1-7(22)19-13-20-21(8(2)23)11(25-13)9-4-3-5-10(6-9)24-14(17,18)12(15)16/h3-6,11-12H,1-2H3,(H,19,20,22). The predicted molar refractivity (Wildman–Crippen MR) is 82.1 cm³/mol. The molecule has 6 nitrogen and oxygen atoms in total. The van der Waals surface area contributed by atoms with E-state index >= 15 is 0 Å². The molecule has 11 heteroatoms. The maximum atomic E-state index is 13.0. The third kappa shape index (κ3) is 4.62. The van der Waals surface area contributed by atoms with E-state index in [1.165, 1.54) is 26.0 Å². The Balaban J connectivity index is 2.25. The number of hydrogen-bond acceptors (Lipinski definition) is 5. The third-order valence-electron chi connectivity index (χ3n) is 2.90. The smallest absolute Gasteiger partial charge is 0.428 e. The summed E-state index contributed by atoms with van der Waals surface area (Å²) in [7, 11) is 0. The molecule has 25 heavy (non-hydrogen) atoms. The number of halogens is 4. The third-order valence-corrected chi connectivity index (χ3v) is 4.00. The number of nitrogens with zero attached hydrogens (tertiary/aromatic N) is 2. The van der Waals surface area contributed by atoms with E-state index < -0.39 is 35.5 Å². The van der Waals surface area contributed by atoms with Crippen LogP contribution < -0.4 is 10.1 Å². The number of rotatable bonds is 4. The first-order valence-corrected chi connectivity index (χ1v) is 7.75. The molecule has 1 aromatic carbocycles. The molecule has 1 aromatic rings. The van der Waals surface area contributed by atoms with Crippen molar-refractivity contribution in [3.8, 4) is 5.75 Å². The Bertz CT molecular complexity index is 714. The Morgan fingerprint density at radius 3 is 2.60 bits per heavy atom. The van der Waals surface area contributed by atoms with Crippen molar-refractivity contribution in [2.45, 2.75) is 31.8 Å². The molecule has 0 aromatic heterocycles. The van der Waals surface area contributed by atoms with Crippen LogP contribution in [-0.2, 0) is 9.59 Å². The van der Waals surface area contributed by atoms with Gasteiger partial charge >= 0.3 is 12.5 Å². The molecule has 0 bridgehead atoms. The summed E-state index contributed by atoms with van der Waals surface area (Å²) in [5.74, 6) is -1.34. The van der Waals surface area contributed by atoms with E-state index in [0.29, 0.717) is 5.56 Å². The molecule has 136 valence electrons. The average molecular weight is 379 g/mol. The van der Waals surface area contributed by atoms with E-state index in [-0.39, 0.29) is 5.17 Å². The zero-order chi connectivity index (χ0) is 18.8. The number of ether oxygens (including phenoxy) is 1. The maximum absolute atomic E-state index is 13.0. The van der Waals surface area contributed by atoms with Crippen molar-refractivity contribution in [1.29, 1.82) is 0 Å². The highest BCUT2D eigenvalue weighted by Gasteiger charge is 2.44. The summed E-state index contributed by atoms with van der Waals surface area (Å²) in [6.07, 6.45) is -8.63. The lowest BCUT2D eigenvalue weighted by atomic mass is 10.2. The SMILES string of the molecule is CC(=O)NC1=NN(C(C)=O)C(c2cccc(OC(F)(F)C(F)F)c2)S1. The van der Waals surface area contributed by atoms with Crippen molar-refractivity contribution in [1.82, 2.24) is 10.3 Å². The Morgan fingerprint density at radius 2 is 2.04 bits per heavy atom. The Hall–Kier alpha value is -2.30. The summed E-state index contributed by atoms with van der Waals surface area (Å²) in [5, 5.41) is 6.80. The van der Waals surface area contributed by atoms with Crippen molar-refractivity contribution in [2.75, 3.05) is 0 Å². The number of carbonyl (C=O) groups excluding carboxylic acids is 2. The minimum absolute atomic E-state index is 0.150. The van der Waals surface area contributed by atoms with Gasteiger partial charge < -0.3 is 10.1 Å². The van der Waals surface area contributed by atoms with E-state index in [1.54, 1.807) is 0 Å². The van der Waals surface area contributed by atoms with E-state index in [1.807, 2.05) is 0 Å². The molecule has 2 amide bonds. The van der Waals surface area contributed by atoms with Crippen molar-refractivity contribution >= 4 is 28.7 Å². The molecule has 0 aliphatic carbocycles. The van der Waals surface area contributed by atoms with Gasteiger partial charge in [0.25, 0.3) is 0 Å². The first-order valence-electron chi connectivity index (χ1n) is 6.87. The molecule has 1 heterocycles. The number of thioether (sulfide) groups is 1. The van der Waals surface area contributed by atoms with Crippen molar-refractivity contribution < 1.29 is 31.9 Å². The van der Waals surface area contributed by atoms with Crippen LogP contribution in [0.25, 0.3) is 0 Å². The fraction of sp³-hybridized carbons (Fsp3) is 0.357. The molecule has 1 unspecified atom stereocenters.